The number of phosphoric ester groups is 1. The summed E-state index contributed by atoms with van der Waals surface area (Å²) in [6, 6.07) is 0. The summed E-state index contributed by atoms with van der Waals surface area (Å²) in [6.07, 6.45) is 34.9. The number of carbonyl (C=O) groups is 2. The van der Waals surface area contributed by atoms with Gasteiger partial charge in [0.1, 0.15) is 19.8 Å². The number of nitrogens with zero attached hydrogens (tertiary/aromatic N) is 1. The molecule has 0 aliphatic rings. The van der Waals surface area contributed by atoms with Gasteiger partial charge in [-0.15, -0.1) is 0 Å². The normalized spacial score (nSPS) is 14.6. The molecule has 0 aromatic carbocycles. The zero-order chi connectivity index (χ0) is 40.2. The summed E-state index contributed by atoms with van der Waals surface area (Å²) < 4.78 is 33.7. The van der Waals surface area contributed by atoms with Crippen molar-refractivity contribution in [2.24, 2.45) is 0 Å². The Kier molecular flexibility index (Phi) is 34.4. The first kappa shape index (κ1) is 52.2. The highest BCUT2D eigenvalue weighted by Gasteiger charge is 2.22. The van der Waals surface area contributed by atoms with Gasteiger partial charge in [0.05, 0.1) is 33.9 Å². The molecule has 1 N–H and O–H groups in total. The van der Waals surface area contributed by atoms with Gasteiger partial charge in [-0.25, -0.2) is 0 Å². The molecule has 0 amide bonds. The zero-order valence-electron chi connectivity index (χ0n) is 35.0. The molecule has 0 radical (unpaired) electrons. The summed E-state index contributed by atoms with van der Waals surface area (Å²) in [6.45, 7) is 3.99. The number of hydrogen-bond acceptors (Lipinski definition) is 9. The average Bonchev–Trinajstić information content (AvgIpc) is 3.11. The van der Waals surface area contributed by atoms with Gasteiger partial charge in [0.15, 0.2) is 6.10 Å². The van der Waals surface area contributed by atoms with E-state index < -0.39 is 38.6 Å². The molecule has 54 heavy (non-hydrogen) atoms. The molecule has 11 heteroatoms. The van der Waals surface area contributed by atoms with Crippen LogP contribution in [0.25, 0.3) is 0 Å². The monoisotopic (exact) mass is 786 g/mol. The number of esters is 2. The van der Waals surface area contributed by atoms with Crippen molar-refractivity contribution in [2.75, 3.05) is 47.5 Å². The number of unbranched alkanes of at least 4 members (excludes halogenated alkanes) is 17. The second kappa shape index (κ2) is 35.6. The largest absolute Gasteiger partial charge is 0.756 e. The number of rotatable bonds is 38. The van der Waals surface area contributed by atoms with Crippen molar-refractivity contribution in [2.45, 2.75) is 180 Å². The molecule has 0 heterocycles. The van der Waals surface area contributed by atoms with Gasteiger partial charge in [0.2, 0.25) is 0 Å². The minimum atomic E-state index is -4.66. The molecular weight excluding hydrogens is 705 g/mol. The number of likely N-dealkylation sites (N-methyl/N-ethyl adjacent to an activating group) is 1. The number of hydrogen-bond donors (Lipinski definition) is 1. The van der Waals surface area contributed by atoms with Crippen LogP contribution in [-0.4, -0.2) is 81.2 Å². The highest BCUT2D eigenvalue weighted by atomic mass is 31.2. The van der Waals surface area contributed by atoms with Crippen LogP contribution in [0.1, 0.15) is 168 Å². The van der Waals surface area contributed by atoms with E-state index in [2.05, 4.69) is 26.0 Å². The molecule has 0 aromatic rings. The molecule has 10 nitrogen and oxygen atoms in total. The summed E-state index contributed by atoms with van der Waals surface area (Å²) in [7, 11) is 1.07. The van der Waals surface area contributed by atoms with Crippen LogP contribution < -0.4 is 4.89 Å². The van der Waals surface area contributed by atoms with E-state index in [1.54, 1.807) is 6.08 Å². The first-order chi connectivity index (χ1) is 25.9. The molecule has 0 aliphatic carbocycles. The smallest absolute Gasteiger partial charge is 0.306 e. The summed E-state index contributed by atoms with van der Waals surface area (Å²) in [5.41, 5.74) is 0. The fraction of sp³-hybridized carbons (Fsp3) is 0.814. The molecule has 0 aliphatic heterocycles. The fourth-order valence-corrected chi connectivity index (χ4v) is 6.33. The van der Waals surface area contributed by atoms with Crippen LogP contribution in [0.2, 0.25) is 0 Å². The maximum Gasteiger partial charge on any atom is 0.306 e. The third-order valence-electron chi connectivity index (χ3n) is 9.02. The van der Waals surface area contributed by atoms with Crippen LogP contribution in [0, 0.1) is 0 Å². The fourth-order valence-electron chi connectivity index (χ4n) is 5.60. The van der Waals surface area contributed by atoms with E-state index in [0.717, 1.165) is 32.1 Å². The van der Waals surface area contributed by atoms with Crippen LogP contribution in [-0.2, 0) is 32.7 Å². The number of carbonyl (C=O) groups excluding carboxylic acids is 2. The lowest BCUT2D eigenvalue weighted by molar-refractivity contribution is -0.870. The number of aliphatic hydroxyl groups is 1. The molecule has 2 unspecified atom stereocenters. The van der Waals surface area contributed by atoms with Gasteiger partial charge in [0.25, 0.3) is 7.82 Å². The number of ether oxygens (including phenoxy) is 2. The second-order valence-electron chi connectivity index (χ2n) is 15.6. The lowest BCUT2D eigenvalue weighted by Gasteiger charge is -2.28. The van der Waals surface area contributed by atoms with Gasteiger partial charge in [-0.05, 0) is 38.5 Å². The van der Waals surface area contributed by atoms with E-state index in [1.165, 1.54) is 89.9 Å². The third kappa shape index (κ3) is 38.5. The van der Waals surface area contributed by atoms with Crippen molar-refractivity contribution in [3.8, 4) is 0 Å². The Morgan fingerprint density at radius 1 is 0.685 bits per heavy atom. The van der Waals surface area contributed by atoms with E-state index in [1.807, 2.05) is 39.4 Å². The molecular formula is C43H80NO9P. The van der Waals surface area contributed by atoms with Crippen LogP contribution in [0.4, 0.5) is 0 Å². The van der Waals surface area contributed by atoms with Gasteiger partial charge in [-0.2, -0.15) is 0 Å². The van der Waals surface area contributed by atoms with Crippen molar-refractivity contribution in [1.82, 2.24) is 0 Å². The molecule has 0 rings (SSSR count). The summed E-state index contributed by atoms with van der Waals surface area (Å²) in [5, 5.41) is 10.3. The summed E-state index contributed by atoms with van der Waals surface area (Å²) >= 11 is 0. The van der Waals surface area contributed by atoms with E-state index in [-0.39, 0.29) is 26.1 Å². The number of allylic oxidation sites excluding steroid dienone is 5. The first-order valence-corrected chi connectivity index (χ1v) is 22.8. The van der Waals surface area contributed by atoms with Crippen LogP contribution in [0.3, 0.4) is 0 Å². The molecule has 316 valence electrons. The number of phosphoric acid groups is 1. The minimum absolute atomic E-state index is 0.0543. The Labute approximate surface area is 330 Å². The predicted molar refractivity (Wildman–Crippen MR) is 219 cm³/mol. The molecule has 0 aromatic heterocycles. The van der Waals surface area contributed by atoms with E-state index >= 15 is 0 Å². The van der Waals surface area contributed by atoms with Crippen molar-refractivity contribution < 1.29 is 47.2 Å². The maximum atomic E-state index is 12.6. The standard InChI is InChI=1S/C43H80NO9P/c1-6-8-10-12-14-16-18-20-21-23-25-27-29-32-40(45)33-31-35-42(46)50-38-41(39-52-54(48,49)51-37-36-44(3,4)5)53-43(47)34-30-28-26-24-22-19-17-15-13-11-9-7-2/h20-21,25,27,29,32,40-41,45H,6-19,22-24,26,28,30-31,33-39H2,1-5H3/b21-20+,27-25+,32-29+/t40?,41-/m1/s1. The average molecular weight is 786 g/mol. The molecule has 0 fully saturated rings. The zero-order valence-corrected chi connectivity index (χ0v) is 35.9. The molecule has 0 bridgehead atoms. The first-order valence-electron chi connectivity index (χ1n) is 21.3. The Hall–Kier alpha value is -1.81. The molecule has 0 saturated carbocycles. The van der Waals surface area contributed by atoms with Gasteiger partial charge >= 0.3 is 11.9 Å². The third-order valence-corrected chi connectivity index (χ3v) is 9.98. The molecule has 0 saturated heterocycles. The van der Waals surface area contributed by atoms with Crippen LogP contribution in [0.5, 0.6) is 0 Å². The van der Waals surface area contributed by atoms with E-state index in [0.29, 0.717) is 30.3 Å². The quantitative estimate of drug-likeness (QED) is 0.0162. The van der Waals surface area contributed by atoms with Crippen molar-refractivity contribution >= 4 is 19.8 Å². The Balaban J connectivity index is 4.55. The van der Waals surface area contributed by atoms with Gasteiger partial charge in [0, 0.05) is 12.8 Å². The highest BCUT2D eigenvalue weighted by Crippen LogP contribution is 2.38. The van der Waals surface area contributed by atoms with Gasteiger partial charge < -0.3 is 33.0 Å². The second-order valence-corrected chi connectivity index (χ2v) is 17.0. The van der Waals surface area contributed by atoms with Crippen molar-refractivity contribution in [1.29, 1.82) is 0 Å². The highest BCUT2D eigenvalue weighted by molar-refractivity contribution is 7.45. The predicted octanol–water partition coefficient (Wildman–Crippen LogP) is 10.1. The maximum absolute atomic E-state index is 12.6. The topological polar surface area (TPSA) is 131 Å². The van der Waals surface area contributed by atoms with Gasteiger partial charge in [-0.1, -0.05) is 153 Å². The summed E-state index contributed by atoms with van der Waals surface area (Å²) in [4.78, 5) is 37.4. The SMILES string of the molecule is CCCCCCCC/C=C/C/C=C/C=C/C(O)CCCC(=O)OC[C@H](COP(=O)([O-])OCC[N+](C)(C)C)OC(=O)CCCCCCCCCCCCCC. The summed E-state index contributed by atoms with van der Waals surface area (Å²) in [5.74, 6) is -1.03. The minimum Gasteiger partial charge on any atom is -0.756 e. The molecule has 0 spiro atoms. The van der Waals surface area contributed by atoms with E-state index in [4.69, 9.17) is 18.5 Å². The van der Waals surface area contributed by atoms with Gasteiger partial charge in [-0.3, -0.25) is 14.2 Å². The Morgan fingerprint density at radius 3 is 1.83 bits per heavy atom. The van der Waals surface area contributed by atoms with Crippen molar-refractivity contribution in [3.63, 3.8) is 0 Å². The van der Waals surface area contributed by atoms with Crippen LogP contribution >= 0.6 is 7.82 Å². The lowest BCUT2D eigenvalue weighted by Crippen LogP contribution is -2.37. The Morgan fingerprint density at radius 2 is 1.24 bits per heavy atom. The number of aliphatic hydroxyl groups excluding tert-OH is 1. The lowest BCUT2D eigenvalue weighted by atomic mass is 10.0. The van der Waals surface area contributed by atoms with Crippen molar-refractivity contribution in [3.05, 3.63) is 36.5 Å². The Bertz CT molecular complexity index is 1040. The molecule has 3 atom stereocenters. The van der Waals surface area contributed by atoms with E-state index in [9.17, 15) is 24.2 Å². The number of quaternary nitrogens is 1. The van der Waals surface area contributed by atoms with Crippen LogP contribution in [0.15, 0.2) is 36.5 Å².